The lowest BCUT2D eigenvalue weighted by Gasteiger charge is -2.15. The van der Waals surface area contributed by atoms with E-state index >= 15 is 0 Å². The Hall–Kier alpha value is -1.11. The van der Waals surface area contributed by atoms with Gasteiger partial charge in [0.1, 0.15) is 4.90 Å². The van der Waals surface area contributed by atoms with Crippen LogP contribution in [0.5, 0.6) is 0 Å². The first kappa shape index (κ1) is 15.3. The van der Waals surface area contributed by atoms with E-state index in [-0.39, 0.29) is 0 Å². The van der Waals surface area contributed by atoms with Gasteiger partial charge in [-0.05, 0) is 44.0 Å². The fraction of sp³-hybridized carbons (Fsp3) is 0.571. The SMILES string of the molecule is CCCNS(=O)(=O)c1ccccc1NCC1CCNC1. The van der Waals surface area contributed by atoms with Gasteiger partial charge in [-0.3, -0.25) is 0 Å². The van der Waals surface area contributed by atoms with Crippen LogP contribution in [0.2, 0.25) is 0 Å². The van der Waals surface area contributed by atoms with Crippen molar-refractivity contribution in [1.29, 1.82) is 0 Å². The maximum absolute atomic E-state index is 12.2. The molecule has 0 radical (unpaired) electrons. The number of hydrogen-bond acceptors (Lipinski definition) is 4. The summed E-state index contributed by atoms with van der Waals surface area (Å²) in [7, 11) is -3.43. The Balaban J connectivity index is 2.08. The summed E-state index contributed by atoms with van der Waals surface area (Å²) >= 11 is 0. The van der Waals surface area contributed by atoms with Gasteiger partial charge in [0.25, 0.3) is 0 Å². The second-order valence-corrected chi connectivity index (χ2v) is 6.87. The molecular formula is C14H23N3O2S. The van der Waals surface area contributed by atoms with E-state index in [4.69, 9.17) is 0 Å². The maximum atomic E-state index is 12.2. The molecule has 1 saturated heterocycles. The molecule has 112 valence electrons. The van der Waals surface area contributed by atoms with Gasteiger partial charge in [0.05, 0.1) is 5.69 Å². The number of sulfonamides is 1. The molecule has 0 spiro atoms. The predicted molar refractivity (Wildman–Crippen MR) is 81.4 cm³/mol. The van der Waals surface area contributed by atoms with Crippen LogP contribution in [0, 0.1) is 5.92 Å². The van der Waals surface area contributed by atoms with Crippen molar-refractivity contribution in [1.82, 2.24) is 10.0 Å². The molecular weight excluding hydrogens is 274 g/mol. The normalized spacial score (nSPS) is 19.1. The lowest BCUT2D eigenvalue weighted by atomic mass is 10.1. The molecule has 1 fully saturated rings. The Morgan fingerprint density at radius 3 is 2.85 bits per heavy atom. The van der Waals surface area contributed by atoms with Crippen LogP contribution in [-0.2, 0) is 10.0 Å². The molecule has 1 atom stereocenters. The fourth-order valence-electron chi connectivity index (χ4n) is 2.30. The van der Waals surface area contributed by atoms with Crippen molar-refractivity contribution >= 4 is 15.7 Å². The van der Waals surface area contributed by atoms with E-state index in [1.165, 1.54) is 0 Å². The number of rotatable bonds is 7. The van der Waals surface area contributed by atoms with Crippen molar-refractivity contribution in [3.05, 3.63) is 24.3 Å². The Kier molecular flexibility index (Phi) is 5.39. The topological polar surface area (TPSA) is 70.2 Å². The van der Waals surface area contributed by atoms with Crippen molar-refractivity contribution in [2.75, 3.05) is 31.5 Å². The number of nitrogens with one attached hydrogen (secondary N) is 3. The number of hydrogen-bond donors (Lipinski definition) is 3. The maximum Gasteiger partial charge on any atom is 0.242 e. The zero-order chi connectivity index (χ0) is 14.4. The predicted octanol–water partition coefficient (Wildman–Crippen LogP) is 1.40. The van der Waals surface area contributed by atoms with Gasteiger partial charge in [-0.2, -0.15) is 0 Å². The lowest BCUT2D eigenvalue weighted by Crippen LogP contribution is -2.26. The first-order valence-electron chi connectivity index (χ1n) is 7.16. The largest absolute Gasteiger partial charge is 0.384 e. The standard InChI is InChI=1S/C14H23N3O2S/c1-2-8-17-20(18,19)14-6-4-3-5-13(14)16-11-12-7-9-15-10-12/h3-6,12,15-17H,2,7-11H2,1H3. The van der Waals surface area contributed by atoms with E-state index in [1.807, 2.05) is 19.1 Å². The van der Waals surface area contributed by atoms with Crippen molar-refractivity contribution in [2.45, 2.75) is 24.7 Å². The highest BCUT2D eigenvalue weighted by molar-refractivity contribution is 7.89. The molecule has 2 rings (SSSR count). The molecule has 6 heteroatoms. The van der Waals surface area contributed by atoms with Gasteiger partial charge in [-0.25, -0.2) is 13.1 Å². The second kappa shape index (κ2) is 7.06. The first-order chi connectivity index (χ1) is 9.63. The Morgan fingerprint density at radius 1 is 1.35 bits per heavy atom. The highest BCUT2D eigenvalue weighted by Crippen LogP contribution is 2.21. The van der Waals surface area contributed by atoms with Crippen molar-refractivity contribution < 1.29 is 8.42 Å². The summed E-state index contributed by atoms with van der Waals surface area (Å²) in [4.78, 5) is 0.333. The summed E-state index contributed by atoms with van der Waals surface area (Å²) in [6, 6.07) is 7.08. The molecule has 20 heavy (non-hydrogen) atoms. The minimum absolute atomic E-state index is 0.333. The minimum Gasteiger partial charge on any atom is -0.384 e. The molecule has 3 N–H and O–H groups in total. The van der Waals surface area contributed by atoms with E-state index in [0.717, 1.165) is 32.5 Å². The van der Waals surface area contributed by atoms with Gasteiger partial charge in [0, 0.05) is 13.1 Å². The summed E-state index contributed by atoms with van der Waals surface area (Å²) in [6.45, 7) is 5.25. The van der Waals surface area contributed by atoms with Gasteiger partial charge in [0.15, 0.2) is 0 Å². The van der Waals surface area contributed by atoms with Crippen LogP contribution in [0.3, 0.4) is 0 Å². The van der Waals surface area contributed by atoms with Gasteiger partial charge in [-0.1, -0.05) is 19.1 Å². The van der Waals surface area contributed by atoms with Crippen molar-refractivity contribution in [3.8, 4) is 0 Å². The molecule has 1 aliphatic heterocycles. The van der Waals surface area contributed by atoms with Crippen molar-refractivity contribution in [3.63, 3.8) is 0 Å². The molecule has 1 aliphatic rings. The third-order valence-electron chi connectivity index (χ3n) is 3.46. The Morgan fingerprint density at radius 2 is 2.15 bits per heavy atom. The molecule has 1 aromatic rings. The summed E-state index contributed by atoms with van der Waals surface area (Å²) in [6.07, 6.45) is 1.92. The van der Waals surface area contributed by atoms with E-state index < -0.39 is 10.0 Å². The average molecular weight is 297 g/mol. The summed E-state index contributed by atoms with van der Waals surface area (Å²) < 4.78 is 27.1. The van der Waals surface area contributed by atoms with E-state index in [9.17, 15) is 8.42 Å². The molecule has 0 saturated carbocycles. The van der Waals surface area contributed by atoms with E-state index in [2.05, 4.69) is 15.4 Å². The third-order valence-corrected chi connectivity index (χ3v) is 4.98. The molecule has 5 nitrogen and oxygen atoms in total. The van der Waals surface area contributed by atoms with Crippen LogP contribution in [0.25, 0.3) is 0 Å². The highest BCUT2D eigenvalue weighted by atomic mass is 32.2. The van der Waals surface area contributed by atoms with Gasteiger partial charge >= 0.3 is 0 Å². The minimum atomic E-state index is -3.43. The van der Waals surface area contributed by atoms with Crippen LogP contribution < -0.4 is 15.4 Å². The van der Waals surface area contributed by atoms with Gasteiger partial charge < -0.3 is 10.6 Å². The van der Waals surface area contributed by atoms with Gasteiger partial charge in [-0.15, -0.1) is 0 Å². The second-order valence-electron chi connectivity index (χ2n) is 5.13. The average Bonchev–Trinajstić information content (AvgIpc) is 2.96. The van der Waals surface area contributed by atoms with E-state index in [1.54, 1.807) is 12.1 Å². The van der Waals surface area contributed by atoms with Crippen LogP contribution in [-0.4, -0.2) is 34.6 Å². The van der Waals surface area contributed by atoms with Crippen molar-refractivity contribution in [2.24, 2.45) is 5.92 Å². The highest BCUT2D eigenvalue weighted by Gasteiger charge is 2.19. The van der Waals surface area contributed by atoms with Crippen LogP contribution in [0.4, 0.5) is 5.69 Å². The number of anilines is 1. The summed E-state index contributed by atoms with van der Waals surface area (Å²) in [5.74, 6) is 0.564. The van der Waals surface area contributed by atoms with Crippen LogP contribution in [0.15, 0.2) is 29.2 Å². The lowest BCUT2D eigenvalue weighted by molar-refractivity contribution is 0.580. The molecule has 1 unspecified atom stereocenters. The molecule has 1 aromatic carbocycles. The monoisotopic (exact) mass is 297 g/mol. The zero-order valence-corrected chi connectivity index (χ0v) is 12.7. The first-order valence-corrected chi connectivity index (χ1v) is 8.65. The smallest absolute Gasteiger partial charge is 0.242 e. The Bertz CT molecular complexity index is 525. The van der Waals surface area contributed by atoms with Gasteiger partial charge in [0.2, 0.25) is 10.0 Å². The molecule has 0 bridgehead atoms. The van der Waals surface area contributed by atoms with E-state index in [0.29, 0.717) is 23.0 Å². The number of para-hydroxylation sites is 1. The third kappa shape index (κ3) is 3.94. The number of benzene rings is 1. The molecule has 0 aromatic heterocycles. The quantitative estimate of drug-likeness (QED) is 0.711. The Labute approximate surface area is 121 Å². The summed E-state index contributed by atoms with van der Waals surface area (Å²) in [5, 5.41) is 6.59. The molecule has 1 heterocycles. The van der Waals surface area contributed by atoms with Crippen LogP contribution in [0.1, 0.15) is 19.8 Å². The fourth-order valence-corrected chi connectivity index (χ4v) is 3.62. The zero-order valence-electron chi connectivity index (χ0n) is 11.9. The molecule has 0 aliphatic carbocycles. The molecule has 0 amide bonds. The van der Waals surface area contributed by atoms with Crippen LogP contribution >= 0.6 is 0 Å². The summed E-state index contributed by atoms with van der Waals surface area (Å²) in [5.41, 5.74) is 0.683.